The Kier molecular flexibility index (Phi) is 3.51. The summed E-state index contributed by atoms with van der Waals surface area (Å²) in [5.41, 5.74) is -0.667. The molecule has 1 aromatic heterocycles. The summed E-state index contributed by atoms with van der Waals surface area (Å²) in [4.78, 5) is 18.5. The molecule has 2 bridgehead atoms. The lowest BCUT2D eigenvalue weighted by Gasteiger charge is -2.35. The average molecular weight is 298 g/mol. The Morgan fingerprint density at radius 3 is 2.33 bits per heavy atom. The molecule has 6 heteroatoms. The normalized spacial score (nSPS) is 29.6. The molecule has 2 unspecified atom stereocenters. The molecule has 0 amide bonds. The van der Waals surface area contributed by atoms with Gasteiger partial charge in [0.05, 0.1) is 5.56 Å². The van der Waals surface area contributed by atoms with Gasteiger partial charge in [0.1, 0.15) is 5.69 Å². The van der Waals surface area contributed by atoms with Crippen molar-refractivity contribution in [2.24, 2.45) is 5.92 Å². The van der Waals surface area contributed by atoms with Gasteiger partial charge < -0.3 is 4.90 Å². The molecule has 2 aliphatic rings. The maximum absolute atomic E-state index is 12.5. The minimum Gasteiger partial charge on any atom is -0.300 e. The smallest absolute Gasteiger partial charge is 0.300 e. The molecule has 1 aromatic rings. The monoisotopic (exact) mass is 298 g/mol. The fourth-order valence-electron chi connectivity index (χ4n) is 3.54. The molecule has 0 aromatic carbocycles. The SMILES string of the molecule is CN1C2CCC1CC(C(=O)c1ccc(C(F)(F)F)cn1)C2. The first-order chi connectivity index (χ1) is 9.86. The van der Waals surface area contributed by atoms with E-state index in [1.807, 2.05) is 0 Å². The lowest BCUT2D eigenvalue weighted by Crippen LogP contribution is -2.42. The van der Waals surface area contributed by atoms with Crippen LogP contribution in [0.1, 0.15) is 41.7 Å². The summed E-state index contributed by atoms with van der Waals surface area (Å²) in [5, 5.41) is 0. The van der Waals surface area contributed by atoms with Gasteiger partial charge in [-0.15, -0.1) is 0 Å². The molecule has 0 radical (unpaired) electrons. The molecule has 0 saturated carbocycles. The van der Waals surface area contributed by atoms with E-state index in [0.717, 1.165) is 37.9 Å². The molecule has 3 rings (SSSR count). The van der Waals surface area contributed by atoms with E-state index in [1.165, 1.54) is 6.07 Å². The summed E-state index contributed by atoms with van der Waals surface area (Å²) in [5.74, 6) is -0.225. The zero-order valence-electron chi connectivity index (χ0n) is 11.7. The molecule has 2 aliphatic heterocycles. The Morgan fingerprint density at radius 1 is 1.24 bits per heavy atom. The minimum atomic E-state index is -4.42. The van der Waals surface area contributed by atoms with E-state index in [1.54, 1.807) is 0 Å². The van der Waals surface area contributed by atoms with Gasteiger partial charge in [0, 0.05) is 24.2 Å². The van der Waals surface area contributed by atoms with Crippen molar-refractivity contribution in [2.45, 2.75) is 43.9 Å². The predicted molar refractivity (Wildman–Crippen MR) is 70.9 cm³/mol. The van der Waals surface area contributed by atoms with Crippen LogP contribution in [0, 0.1) is 5.92 Å². The lowest BCUT2D eigenvalue weighted by molar-refractivity contribution is -0.137. The molecule has 3 nitrogen and oxygen atoms in total. The molecular formula is C15H17F3N2O. The van der Waals surface area contributed by atoms with Crippen LogP contribution in [0.15, 0.2) is 18.3 Å². The highest BCUT2D eigenvalue weighted by Crippen LogP contribution is 2.38. The first-order valence-corrected chi connectivity index (χ1v) is 7.15. The van der Waals surface area contributed by atoms with Crippen molar-refractivity contribution in [3.63, 3.8) is 0 Å². The first-order valence-electron chi connectivity index (χ1n) is 7.15. The van der Waals surface area contributed by atoms with E-state index in [4.69, 9.17) is 0 Å². The summed E-state index contributed by atoms with van der Waals surface area (Å²) in [6.07, 6.45) is 0.109. The molecule has 21 heavy (non-hydrogen) atoms. The summed E-state index contributed by atoms with van der Waals surface area (Å²) < 4.78 is 37.5. The second-order valence-electron chi connectivity index (χ2n) is 6.01. The van der Waals surface area contributed by atoms with Gasteiger partial charge in [-0.3, -0.25) is 9.78 Å². The van der Waals surface area contributed by atoms with Crippen LogP contribution in [-0.2, 0) is 6.18 Å². The number of fused-ring (bicyclic) bond motifs is 2. The quantitative estimate of drug-likeness (QED) is 0.786. The van der Waals surface area contributed by atoms with Gasteiger partial charge in [-0.05, 0) is 44.9 Å². The summed E-state index contributed by atoms with van der Waals surface area (Å²) >= 11 is 0. The van der Waals surface area contributed by atoms with E-state index >= 15 is 0 Å². The number of hydrogen-bond donors (Lipinski definition) is 0. The van der Waals surface area contributed by atoms with Crippen LogP contribution in [0.2, 0.25) is 0 Å². The molecule has 3 heterocycles. The topological polar surface area (TPSA) is 33.2 Å². The Morgan fingerprint density at radius 2 is 1.86 bits per heavy atom. The molecular weight excluding hydrogens is 281 g/mol. The van der Waals surface area contributed by atoms with Gasteiger partial charge in [-0.25, -0.2) is 0 Å². The number of Topliss-reactive ketones (excluding diaryl/α,β-unsaturated/α-hetero) is 1. The van der Waals surface area contributed by atoms with Gasteiger partial charge in [0.2, 0.25) is 0 Å². The van der Waals surface area contributed by atoms with Crippen LogP contribution in [-0.4, -0.2) is 34.8 Å². The van der Waals surface area contributed by atoms with E-state index in [2.05, 4.69) is 16.9 Å². The van der Waals surface area contributed by atoms with E-state index in [-0.39, 0.29) is 17.4 Å². The van der Waals surface area contributed by atoms with Crippen LogP contribution in [0.5, 0.6) is 0 Å². The van der Waals surface area contributed by atoms with Gasteiger partial charge in [-0.2, -0.15) is 13.2 Å². The number of aromatic nitrogens is 1. The van der Waals surface area contributed by atoms with Gasteiger partial charge in [0.25, 0.3) is 0 Å². The summed E-state index contributed by atoms with van der Waals surface area (Å²) in [7, 11) is 2.08. The number of nitrogens with zero attached hydrogens (tertiary/aromatic N) is 2. The zero-order valence-corrected chi connectivity index (χ0v) is 11.7. The highest BCUT2D eigenvalue weighted by Gasteiger charge is 2.41. The van der Waals surface area contributed by atoms with Crippen molar-refractivity contribution in [2.75, 3.05) is 7.05 Å². The predicted octanol–water partition coefficient (Wildman–Crippen LogP) is 3.16. The number of ketones is 1. The summed E-state index contributed by atoms with van der Waals surface area (Å²) in [6.45, 7) is 0. The average Bonchev–Trinajstić information content (AvgIpc) is 2.66. The number of hydrogen-bond acceptors (Lipinski definition) is 3. The second kappa shape index (κ2) is 5.09. The first kappa shape index (κ1) is 14.5. The Balaban J connectivity index is 1.74. The number of alkyl halides is 3. The van der Waals surface area contributed by atoms with Crippen LogP contribution in [0.25, 0.3) is 0 Å². The van der Waals surface area contributed by atoms with Crippen LogP contribution in [0.4, 0.5) is 13.2 Å². The number of halogens is 3. The molecule has 0 aliphatic carbocycles. The molecule has 2 atom stereocenters. The number of pyridine rings is 1. The van der Waals surface area contributed by atoms with Crippen molar-refractivity contribution in [3.05, 3.63) is 29.6 Å². The molecule has 114 valence electrons. The lowest BCUT2D eigenvalue weighted by atomic mass is 9.86. The van der Waals surface area contributed by atoms with Gasteiger partial charge in [0.15, 0.2) is 5.78 Å². The fourth-order valence-corrected chi connectivity index (χ4v) is 3.54. The van der Waals surface area contributed by atoms with Crippen LogP contribution < -0.4 is 0 Å². The third-order valence-corrected chi connectivity index (χ3v) is 4.81. The van der Waals surface area contributed by atoms with Crippen molar-refractivity contribution in [1.82, 2.24) is 9.88 Å². The van der Waals surface area contributed by atoms with Crippen molar-refractivity contribution in [1.29, 1.82) is 0 Å². The third-order valence-electron chi connectivity index (χ3n) is 4.81. The van der Waals surface area contributed by atoms with Crippen molar-refractivity contribution < 1.29 is 18.0 Å². The maximum atomic E-state index is 12.5. The highest BCUT2D eigenvalue weighted by molar-refractivity contribution is 5.96. The number of rotatable bonds is 2. The standard InChI is InChI=1S/C15H17F3N2O/c1-20-11-3-4-12(20)7-9(6-11)14(21)13-5-2-10(8-19-13)15(16,17)18/h2,5,8-9,11-12H,3-4,6-7H2,1H3. The van der Waals surface area contributed by atoms with Gasteiger partial charge in [-0.1, -0.05) is 0 Å². The highest BCUT2D eigenvalue weighted by atomic mass is 19.4. The molecule has 2 saturated heterocycles. The van der Waals surface area contributed by atoms with Gasteiger partial charge >= 0.3 is 6.18 Å². The fraction of sp³-hybridized carbons (Fsp3) is 0.600. The van der Waals surface area contributed by atoms with E-state index in [9.17, 15) is 18.0 Å². The molecule has 0 N–H and O–H groups in total. The Bertz CT molecular complexity index is 527. The van der Waals surface area contributed by atoms with Crippen molar-refractivity contribution >= 4 is 5.78 Å². The second-order valence-corrected chi connectivity index (χ2v) is 6.01. The van der Waals surface area contributed by atoms with E-state index < -0.39 is 11.7 Å². The van der Waals surface area contributed by atoms with Crippen LogP contribution >= 0.6 is 0 Å². The summed E-state index contributed by atoms with van der Waals surface area (Å²) in [6, 6.07) is 2.98. The van der Waals surface area contributed by atoms with Crippen molar-refractivity contribution in [3.8, 4) is 0 Å². The number of carbonyl (C=O) groups is 1. The largest absolute Gasteiger partial charge is 0.417 e. The number of piperidine rings is 1. The minimum absolute atomic E-state index is 0.108. The maximum Gasteiger partial charge on any atom is 0.417 e. The molecule has 2 fully saturated rings. The third kappa shape index (κ3) is 2.69. The van der Waals surface area contributed by atoms with Crippen LogP contribution in [0.3, 0.4) is 0 Å². The van der Waals surface area contributed by atoms with E-state index in [0.29, 0.717) is 12.1 Å². The zero-order chi connectivity index (χ0) is 15.2. The number of carbonyl (C=O) groups excluding carboxylic acids is 1. The Labute approximate surface area is 121 Å². The Hall–Kier alpha value is -1.43. The molecule has 0 spiro atoms.